The standard InChI is InChI=1S/C17H21N3O4S/c1-9-6-13(20-16(23)17(3,4)5)25-14(9)15(22)24-8-12(21)11(7-18)10(2)19/h6H,8,19H2,1-5H3,(H,20,23). The smallest absolute Gasteiger partial charge is 0.349 e. The summed E-state index contributed by atoms with van der Waals surface area (Å²) < 4.78 is 4.96. The van der Waals surface area contributed by atoms with Gasteiger partial charge >= 0.3 is 5.97 Å². The Balaban J connectivity index is 2.81. The topological polar surface area (TPSA) is 122 Å². The molecular weight excluding hydrogens is 342 g/mol. The van der Waals surface area contributed by atoms with Gasteiger partial charge in [0.2, 0.25) is 11.7 Å². The molecular formula is C17H21N3O4S. The molecule has 0 saturated carbocycles. The molecule has 1 rings (SSSR count). The van der Waals surface area contributed by atoms with Gasteiger partial charge in [-0.05, 0) is 25.5 Å². The van der Waals surface area contributed by atoms with Gasteiger partial charge in [-0.15, -0.1) is 11.3 Å². The van der Waals surface area contributed by atoms with Crippen molar-refractivity contribution in [3.8, 4) is 6.07 Å². The van der Waals surface area contributed by atoms with Crippen LogP contribution in [0.1, 0.15) is 42.9 Å². The first-order valence-corrected chi connectivity index (χ1v) is 8.27. The predicted molar refractivity (Wildman–Crippen MR) is 94.9 cm³/mol. The first-order valence-electron chi connectivity index (χ1n) is 7.46. The van der Waals surface area contributed by atoms with E-state index < -0.39 is 23.8 Å². The van der Waals surface area contributed by atoms with Gasteiger partial charge in [-0.1, -0.05) is 20.8 Å². The number of nitriles is 1. The minimum Gasteiger partial charge on any atom is -0.453 e. The average Bonchev–Trinajstić information content (AvgIpc) is 2.84. The lowest BCUT2D eigenvalue weighted by atomic mass is 9.96. The Morgan fingerprint density at radius 2 is 1.96 bits per heavy atom. The van der Waals surface area contributed by atoms with Crippen molar-refractivity contribution in [2.45, 2.75) is 34.6 Å². The summed E-state index contributed by atoms with van der Waals surface area (Å²) in [5.74, 6) is -1.53. The highest BCUT2D eigenvalue weighted by Gasteiger charge is 2.24. The summed E-state index contributed by atoms with van der Waals surface area (Å²) in [7, 11) is 0. The number of esters is 1. The van der Waals surface area contributed by atoms with Crippen LogP contribution >= 0.6 is 11.3 Å². The van der Waals surface area contributed by atoms with Gasteiger partial charge in [-0.3, -0.25) is 9.59 Å². The lowest BCUT2D eigenvalue weighted by molar-refractivity contribution is -0.123. The number of amides is 1. The Labute approximate surface area is 150 Å². The predicted octanol–water partition coefficient (Wildman–Crippen LogP) is 2.52. The van der Waals surface area contributed by atoms with E-state index in [2.05, 4.69) is 5.32 Å². The van der Waals surface area contributed by atoms with Crippen molar-refractivity contribution in [2.75, 3.05) is 11.9 Å². The van der Waals surface area contributed by atoms with Crippen molar-refractivity contribution in [1.82, 2.24) is 0 Å². The van der Waals surface area contributed by atoms with Crippen LogP contribution < -0.4 is 11.1 Å². The van der Waals surface area contributed by atoms with Crippen LogP contribution in [0.5, 0.6) is 0 Å². The van der Waals surface area contributed by atoms with E-state index in [-0.39, 0.29) is 22.1 Å². The maximum Gasteiger partial charge on any atom is 0.349 e. The molecule has 0 saturated heterocycles. The molecule has 134 valence electrons. The van der Waals surface area contributed by atoms with Crippen molar-refractivity contribution >= 4 is 34.0 Å². The van der Waals surface area contributed by atoms with Crippen molar-refractivity contribution in [2.24, 2.45) is 11.1 Å². The summed E-state index contributed by atoms with van der Waals surface area (Å²) in [6.07, 6.45) is 0. The highest BCUT2D eigenvalue weighted by atomic mass is 32.1. The largest absolute Gasteiger partial charge is 0.453 e. The summed E-state index contributed by atoms with van der Waals surface area (Å²) in [6.45, 7) is 7.89. The van der Waals surface area contributed by atoms with Crippen LogP contribution in [0.25, 0.3) is 0 Å². The number of thiophene rings is 1. The van der Waals surface area contributed by atoms with E-state index in [1.165, 1.54) is 6.92 Å². The van der Waals surface area contributed by atoms with E-state index in [4.69, 9.17) is 15.7 Å². The van der Waals surface area contributed by atoms with Crippen LogP contribution in [-0.2, 0) is 14.3 Å². The summed E-state index contributed by atoms with van der Waals surface area (Å²) in [4.78, 5) is 36.2. The molecule has 0 atom stereocenters. The zero-order chi connectivity index (χ0) is 19.4. The third-order valence-corrected chi connectivity index (χ3v) is 4.27. The van der Waals surface area contributed by atoms with Gasteiger partial charge in [0.05, 0.1) is 5.00 Å². The van der Waals surface area contributed by atoms with E-state index >= 15 is 0 Å². The molecule has 0 aliphatic rings. The number of nitrogens with one attached hydrogen (secondary N) is 1. The number of ketones is 1. The second kappa shape index (κ2) is 7.94. The highest BCUT2D eigenvalue weighted by Crippen LogP contribution is 2.29. The van der Waals surface area contributed by atoms with Crippen molar-refractivity contribution in [3.63, 3.8) is 0 Å². The fraction of sp³-hybridized carbons (Fsp3) is 0.412. The van der Waals surface area contributed by atoms with Crippen LogP contribution in [0.3, 0.4) is 0 Å². The number of allylic oxidation sites excluding steroid dienone is 1. The zero-order valence-corrected chi connectivity index (χ0v) is 15.7. The third kappa shape index (κ3) is 5.43. The average molecular weight is 363 g/mol. The Morgan fingerprint density at radius 3 is 2.44 bits per heavy atom. The number of Topliss-reactive ketones (excluding diaryl/α,β-unsaturated/α-hetero) is 1. The maximum absolute atomic E-state index is 12.1. The first kappa shape index (κ1) is 20.4. The van der Waals surface area contributed by atoms with Crippen LogP contribution in [0.4, 0.5) is 5.00 Å². The minimum absolute atomic E-state index is 0.0723. The Morgan fingerprint density at radius 1 is 1.36 bits per heavy atom. The van der Waals surface area contributed by atoms with Crippen molar-refractivity contribution < 1.29 is 19.1 Å². The lowest BCUT2D eigenvalue weighted by Crippen LogP contribution is -2.27. The van der Waals surface area contributed by atoms with Gasteiger partial charge in [-0.2, -0.15) is 5.26 Å². The molecule has 0 bridgehead atoms. The van der Waals surface area contributed by atoms with E-state index in [1.807, 2.05) is 0 Å². The van der Waals surface area contributed by atoms with E-state index in [0.717, 1.165) is 11.3 Å². The second-order valence-electron chi connectivity index (χ2n) is 6.50. The highest BCUT2D eigenvalue weighted by molar-refractivity contribution is 7.18. The molecule has 0 fully saturated rings. The number of carbonyl (C=O) groups is 3. The van der Waals surface area contributed by atoms with E-state index in [9.17, 15) is 14.4 Å². The quantitative estimate of drug-likeness (QED) is 0.471. The van der Waals surface area contributed by atoms with E-state index in [0.29, 0.717) is 10.6 Å². The molecule has 0 spiro atoms. The number of aryl methyl sites for hydroxylation is 1. The monoisotopic (exact) mass is 363 g/mol. The van der Waals surface area contributed by atoms with Gasteiger partial charge in [0.25, 0.3) is 0 Å². The number of nitrogens with zero attached hydrogens (tertiary/aromatic N) is 1. The number of nitrogens with two attached hydrogens (primary N) is 1. The van der Waals surface area contributed by atoms with Crippen molar-refractivity contribution in [3.05, 3.63) is 27.8 Å². The van der Waals surface area contributed by atoms with Gasteiger partial charge in [0.15, 0.2) is 6.61 Å². The normalized spacial score (nSPS) is 12.0. The number of carbonyl (C=O) groups excluding carboxylic acids is 3. The summed E-state index contributed by atoms with van der Waals surface area (Å²) in [6, 6.07) is 3.35. The maximum atomic E-state index is 12.1. The number of ether oxygens (including phenoxy) is 1. The number of hydrogen-bond donors (Lipinski definition) is 2. The first-order chi connectivity index (χ1) is 11.5. The fourth-order valence-corrected chi connectivity index (χ4v) is 2.65. The van der Waals surface area contributed by atoms with Gasteiger partial charge < -0.3 is 15.8 Å². The van der Waals surface area contributed by atoms with Crippen LogP contribution in [-0.4, -0.2) is 24.3 Å². The Bertz CT molecular complexity index is 775. The Hall–Kier alpha value is -2.66. The summed E-state index contributed by atoms with van der Waals surface area (Å²) in [5.41, 5.74) is 5.33. The van der Waals surface area contributed by atoms with Crippen molar-refractivity contribution in [1.29, 1.82) is 5.26 Å². The molecule has 25 heavy (non-hydrogen) atoms. The van der Waals surface area contributed by atoms with Gasteiger partial charge in [0, 0.05) is 11.1 Å². The number of hydrogen-bond acceptors (Lipinski definition) is 7. The number of rotatable bonds is 5. The summed E-state index contributed by atoms with van der Waals surface area (Å²) >= 11 is 1.06. The second-order valence-corrected chi connectivity index (χ2v) is 7.55. The zero-order valence-electron chi connectivity index (χ0n) is 14.9. The molecule has 1 aromatic rings. The van der Waals surface area contributed by atoms with Crippen LogP contribution in [0.15, 0.2) is 17.3 Å². The van der Waals surface area contributed by atoms with Gasteiger partial charge in [0.1, 0.15) is 16.5 Å². The molecule has 0 aliphatic heterocycles. The molecule has 0 unspecified atom stereocenters. The van der Waals surface area contributed by atoms with Gasteiger partial charge in [-0.25, -0.2) is 4.79 Å². The molecule has 3 N–H and O–H groups in total. The molecule has 0 radical (unpaired) electrons. The molecule has 7 nitrogen and oxygen atoms in total. The molecule has 8 heteroatoms. The van der Waals surface area contributed by atoms with E-state index in [1.54, 1.807) is 39.8 Å². The SMILES string of the molecule is CC(N)=C(C#N)C(=O)COC(=O)c1sc(NC(=O)C(C)(C)C)cc1C. The lowest BCUT2D eigenvalue weighted by Gasteiger charge is -2.16. The molecule has 0 aromatic carbocycles. The summed E-state index contributed by atoms with van der Waals surface area (Å²) in [5, 5.41) is 12.1. The van der Waals surface area contributed by atoms with Crippen LogP contribution in [0, 0.1) is 23.7 Å². The number of anilines is 1. The molecule has 1 aromatic heterocycles. The van der Waals surface area contributed by atoms with Crippen LogP contribution in [0.2, 0.25) is 0 Å². The third-order valence-electron chi connectivity index (χ3n) is 3.14. The minimum atomic E-state index is -0.695. The Kier molecular flexibility index (Phi) is 6.48. The molecule has 1 heterocycles. The molecule has 0 aliphatic carbocycles. The molecule has 1 amide bonds. The fourth-order valence-electron chi connectivity index (χ4n) is 1.69.